The predicted molar refractivity (Wildman–Crippen MR) is 134 cm³/mol. The van der Waals surface area contributed by atoms with Crippen molar-refractivity contribution in [3.63, 3.8) is 0 Å². The fourth-order valence-electron chi connectivity index (χ4n) is 4.17. The minimum Gasteiger partial charge on any atom is -0.298 e. The molecule has 0 saturated heterocycles. The van der Waals surface area contributed by atoms with Crippen LogP contribution in [-0.2, 0) is 22.9 Å². The number of halogens is 3. The fourth-order valence-corrected chi connectivity index (χ4v) is 5.19. The minimum atomic E-state index is -3.88. The lowest BCUT2D eigenvalue weighted by atomic mass is 9.94. The monoisotopic (exact) mass is 533 g/mol. The molecule has 0 aliphatic heterocycles. The average molecular weight is 534 g/mol. The second-order valence-corrected chi connectivity index (χ2v) is 10.7. The SMILES string of the molecule is CCC(=O)c1c(-c2ccccc2)c2cc(Cl)ccc2c(=O)n1Cc1cc(S(C)(=O)=O)n(CC(F)F)n1. The van der Waals surface area contributed by atoms with Crippen LogP contribution in [0, 0.1) is 0 Å². The van der Waals surface area contributed by atoms with Crippen LogP contribution in [0.15, 0.2) is 64.4 Å². The summed E-state index contributed by atoms with van der Waals surface area (Å²) in [6.07, 6.45) is -1.87. The molecule has 0 fully saturated rings. The Bertz CT molecular complexity index is 1630. The number of pyridine rings is 1. The van der Waals surface area contributed by atoms with E-state index in [0.717, 1.165) is 12.3 Å². The molecule has 0 atom stereocenters. The van der Waals surface area contributed by atoms with E-state index >= 15 is 0 Å². The van der Waals surface area contributed by atoms with E-state index in [0.29, 0.717) is 31.6 Å². The van der Waals surface area contributed by atoms with Gasteiger partial charge in [0.1, 0.15) is 6.54 Å². The van der Waals surface area contributed by atoms with Crippen molar-refractivity contribution in [3.05, 3.63) is 81.4 Å². The Hall–Kier alpha value is -3.37. The highest BCUT2D eigenvalue weighted by Gasteiger charge is 2.25. The standard InChI is InChI=1S/C25H22ClF2N3O4S/c1-3-20(32)24-23(15-7-5-4-6-8-15)19-11-16(26)9-10-18(19)25(33)30(24)13-17-12-22(36(2,34)35)31(29-17)14-21(27)28/h4-12,21H,3,13-14H2,1-2H3. The van der Waals surface area contributed by atoms with E-state index in [4.69, 9.17) is 11.6 Å². The van der Waals surface area contributed by atoms with Gasteiger partial charge in [0.15, 0.2) is 20.6 Å². The number of hydrogen-bond donors (Lipinski definition) is 0. The zero-order valence-corrected chi connectivity index (χ0v) is 21.0. The van der Waals surface area contributed by atoms with Crippen LogP contribution in [0.4, 0.5) is 8.78 Å². The van der Waals surface area contributed by atoms with Crippen LogP contribution in [-0.4, -0.2) is 41.2 Å². The third kappa shape index (κ3) is 4.96. The number of rotatable bonds is 8. The molecule has 36 heavy (non-hydrogen) atoms. The molecule has 0 aliphatic rings. The molecular formula is C25H22ClF2N3O4S. The summed E-state index contributed by atoms with van der Waals surface area (Å²) in [6.45, 7) is 0.438. The molecule has 0 radical (unpaired) electrons. The zero-order chi connectivity index (χ0) is 26.2. The highest BCUT2D eigenvalue weighted by atomic mass is 35.5. The molecule has 0 N–H and O–H groups in total. The van der Waals surface area contributed by atoms with Gasteiger partial charge < -0.3 is 0 Å². The number of fused-ring (bicyclic) bond motifs is 1. The van der Waals surface area contributed by atoms with Gasteiger partial charge in [0, 0.05) is 34.7 Å². The van der Waals surface area contributed by atoms with Gasteiger partial charge in [-0.1, -0.05) is 48.9 Å². The molecule has 0 amide bonds. The molecule has 0 unspecified atom stereocenters. The first-order chi connectivity index (χ1) is 17.0. The van der Waals surface area contributed by atoms with E-state index in [1.54, 1.807) is 49.4 Å². The van der Waals surface area contributed by atoms with Gasteiger partial charge in [0.25, 0.3) is 12.0 Å². The van der Waals surface area contributed by atoms with E-state index in [2.05, 4.69) is 5.10 Å². The highest BCUT2D eigenvalue weighted by Crippen LogP contribution is 2.33. The van der Waals surface area contributed by atoms with Gasteiger partial charge in [-0.25, -0.2) is 21.9 Å². The third-order valence-corrected chi connectivity index (χ3v) is 7.01. The maximum atomic E-state index is 13.6. The molecule has 0 spiro atoms. The third-order valence-electron chi connectivity index (χ3n) is 5.69. The van der Waals surface area contributed by atoms with Gasteiger partial charge in [0.05, 0.1) is 17.9 Å². The summed E-state index contributed by atoms with van der Waals surface area (Å²) < 4.78 is 52.5. The second-order valence-electron chi connectivity index (χ2n) is 8.27. The van der Waals surface area contributed by atoms with Gasteiger partial charge in [0.2, 0.25) is 0 Å². The molecule has 188 valence electrons. The largest absolute Gasteiger partial charge is 0.298 e. The summed E-state index contributed by atoms with van der Waals surface area (Å²) >= 11 is 6.25. The van der Waals surface area contributed by atoms with Gasteiger partial charge in [-0.2, -0.15) is 5.10 Å². The Morgan fingerprint density at radius 1 is 1.08 bits per heavy atom. The second kappa shape index (κ2) is 9.94. The fraction of sp³-hybridized carbons (Fsp3) is 0.240. The summed E-state index contributed by atoms with van der Waals surface area (Å²) in [5.74, 6) is -0.330. The summed E-state index contributed by atoms with van der Waals surface area (Å²) in [5.41, 5.74) is 0.816. The summed E-state index contributed by atoms with van der Waals surface area (Å²) in [4.78, 5) is 26.9. The smallest absolute Gasteiger partial charge is 0.259 e. The molecule has 11 heteroatoms. The first-order valence-corrected chi connectivity index (χ1v) is 13.3. The average Bonchev–Trinajstić information content (AvgIpc) is 3.22. The van der Waals surface area contributed by atoms with E-state index in [9.17, 15) is 26.8 Å². The van der Waals surface area contributed by atoms with E-state index in [1.807, 2.05) is 6.07 Å². The number of ketones is 1. The van der Waals surface area contributed by atoms with E-state index in [1.165, 1.54) is 4.57 Å². The van der Waals surface area contributed by atoms with Crippen LogP contribution in [0.5, 0.6) is 0 Å². The Balaban J connectivity index is 2.04. The predicted octanol–water partition coefficient (Wildman–Crippen LogP) is 4.83. The molecule has 0 saturated carbocycles. The maximum Gasteiger partial charge on any atom is 0.259 e. The first kappa shape index (κ1) is 25.7. The van der Waals surface area contributed by atoms with E-state index < -0.39 is 33.4 Å². The zero-order valence-electron chi connectivity index (χ0n) is 19.4. The van der Waals surface area contributed by atoms with Crippen molar-refractivity contribution in [3.8, 4) is 11.1 Å². The number of nitrogens with zero attached hydrogens (tertiary/aromatic N) is 3. The molecule has 0 aliphatic carbocycles. The number of carbonyl (C=O) groups excluding carboxylic acids is 1. The summed E-state index contributed by atoms with van der Waals surface area (Å²) in [5, 5.41) is 4.81. The maximum absolute atomic E-state index is 13.6. The number of alkyl halides is 2. The van der Waals surface area contributed by atoms with Crippen molar-refractivity contribution >= 4 is 38.0 Å². The number of Topliss-reactive ketones (excluding diaryl/α,β-unsaturated/α-hetero) is 1. The van der Waals surface area contributed by atoms with Crippen molar-refractivity contribution in [1.82, 2.24) is 14.3 Å². The normalized spacial score (nSPS) is 11.9. The van der Waals surface area contributed by atoms with Gasteiger partial charge in [-0.05, 0) is 29.1 Å². The van der Waals surface area contributed by atoms with Crippen LogP contribution in [0.2, 0.25) is 5.02 Å². The molecule has 2 heterocycles. The van der Waals surface area contributed by atoms with Crippen molar-refractivity contribution < 1.29 is 22.0 Å². The number of benzene rings is 2. The lowest BCUT2D eigenvalue weighted by molar-refractivity contribution is 0.0979. The lowest BCUT2D eigenvalue weighted by Crippen LogP contribution is -2.28. The van der Waals surface area contributed by atoms with Crippen LogP contribution in [0.25, 0.3) is 21.9 Å². The molecule has 4 rings (SSSR count). The topological polar surface area (TPSA) is 91.0 Å². The molecule has 2 aromatic carbocycles. The van der Waals surface area contributed by atoms with Crippen molar-refractivity contribution in [2.75, 3.05) is 6.26 Å². The van der Waals surface area contributed by atoms with Crippen LogP contribution in [0.1, 0.15) is 29.5 Å². The number of carbonyl (C=O) groups is 1. The summed E-state index contributed by atoms with van der Waals surface area (Å²) in [7, 11) is -3.88. The molecule has 7 nitrogen and oxygen atoms in total. The van der Waals surface area contributed by atoms with Crippen LogP contribution < -0.4 is 5.56 Å². The number of aromatic nitrogens is 3. The van der Waals surface area contributed by atoms with Crippen molar-refractivity contribution in [2.24, 2.45) is 0 Å². The highest BCUT2D eigenvalue weighted by molar-refractivity contribution is 7.90. The molecular weight excluding hydrogens is 512 g/mol. The first-order valence-electron chi connectivity index (χ1n) is 11.0. The van der Waals surface area contributed by atoms with Gasteiger partial charge in [-0.15, -0.1) is 0 Å². The quantitative estimate of drug-likeness (QED) is 0.303. The van der Waals surface area contributed by atoms with Crippen LogP contribution >= 0.6 is 11.6 Å². The summed E-state index contributed by atoms with van der Waals surface area (Å²) in [6, 6.07) is 14.9. The lowest BCUT2D eigenvalue weighted by Gasteiger charge is -2.19. The Labute approximate surface area is 210 Å². The Morgan fingerprint density at radius 3 is 2.39 bits per heavy atom. The molecule has 0 bridgehead atoms. The molecule has 2 aromatic heterocycles. The van der Waals surface area contributed by atoms with Crippen molar-refractivity contribution in [1.29, 1.82) is 0 Å². The van der Waals surface area contributed by atoms with E-state index in [-0.39, 0.29) is 30.1 Å². The van der Waals surface area contributed by atoms with Gasteiger partial charge in [-0.3, -0.25) is 14.2 Å². The Kier molecular flexibility index (Phi) is 7.10. The number of sulfone groups is 1. The minimum absolute atomic E-state index is 0.0515. The molecule has 4 aromatic rings. The van der Waals surface area contributed by atoms with Crippen molar-refractivity contribution in [2.45, 2.75) is 37.9 Å². The van der Waals surface area contributed by atoms with Crippen LogP contribution in [0.3, 0.4) is 0 Å². The number of hydrogen-bond acceptors (Lipinski definition) is 5. The van der Waals surface area contributed by atoms with Gasteiger partial charge >= 0.3 is 0 Å². The Morgan fingerprint density at radius 2 is 1.78 bits per heavy atom.